The Bertz CT molecular complexity index is 292. The van der Waals surface area contributed by atoms with Crippen LogP contribution in [0.15, 0.2) is 12.2 Å². The molecule has 0 bridgehead atoms. The number of unbranched alkanes of at least 4 members (excludes halogenated alkanes) is 7. The summed E-state index contributed by atoms with van der Waals surface area (Å²) < 4.78 is 5.28. The summed E-state index contributed by atoms with van der Waals surface area (Å²) in [7, 11) is 0. The van der Waals surface area contributed by atoms with Crippen LogP contribution < -0.4 is 0 Å². The van der Waals surface area contributed by atoms with E-state index < -0.39 is 0 Å². The molecule has 0 saturated heterocycles. The van der Waals surface area contributed by atoms with E-state index in [1.807, 2.05) is 0 Å². The molecule has 1 fully saturated rings. The van der Waals surface area contributed by atoms with Crippen molar-refractivity contribution in [2.24, 2.45) is 5.92 Å². The molecule has 0 N–H and O–H groups in total. The Morgan fingerprint density at radius 3 is 2.41 bits per heavy atom. The first-order valence-electron chi connectivity index (χ1n) is 9.63. The van der Waals surface area contributed by atoms with Crippen molar-refractivity contribution in [3.63, 3.8) is 0 Å². The average molecular weight is 309 g/mol. The summed E-state index contributed by atoms with van der Waals surface area (Å²) in [5.41, 5.74) is 0. The Morgan fingerprint density at radius 2 is 1.68 bits per heavy atom. The highest BCUT2D eigenvalue weighted by Gasteiger charge is 2.19. The Labute approximate surface area is 137 Å². The molecule has 128 valence electrons. The topological polar surface area (TPSA) is 26.3 Å². The highest BCUT2D eigenvalue weighted by atomic mass is 16.5. The van der Waals surface area contributed by atoms with Crippen molar-refractivity contribution < 1.29 is 9.53 Å². The van der Waals surface area contributed by atoms with Crippen LogP contribution in [-0.2, 0) is 9.53 Å². The van der Waals surface area contributed by atoms with Crippen LogP contribution in [0.1, 0.15) is 96.8 Å². The van der Waals surface area contributed by atoms with Crippen LogP contribution in [0.4, 0.5) is 0 Å². The minimum Gasteiger partial charge on any atom is -0.466 e. The molecule has 0 aromatic rings. The monoisotopic (exact) mass is 308 g/mol. The largest absolute Gasteiger partial charge is 0.466 e. The predicted octanol–water partition coefficient (Wildman–Crippen LogP) is 6.20. The number of ether oxygens (including phenoxy) is 1. The second-order valence-corrected chi connectivity index (χ2v) is 6.73. The van der Waals surface area contributed by atoms with Gasteiger partial charge in [0.2, 0.25) is 0 Å². The first kappa shape index (κ1) is 19.3. The molecule has 0 aliphatic heterocycles. The first-order chi connectivity index (χ1) is 10.8. The smallest absolute Gasteiger partial charge is 0.305 e. The van der Waals surface area contributed by atoms with Gasteiger partial charge in [0.15, 0.2) is 0 Å². The number of carbonyl (C=O) groups is 1. The molecule has 0 aromatic heterocycles. The van der Waals surface area contributed by atoms with E-state index in [0.717, 1.165) is 31.6 Å². The summed E-state index contributed by atoms with van der Waals surface area (Å²) in [5, 5.41) is 0. The molecule has 0 aromatic carbocycles. The lowest BCUT2D eigenvalue weighted by molar-refractivity contribution is -0.143. The number of esters is 1. The number of rotatable bonds is 15. The van der Waals surface area contributed by atoms with Crippen molar-refractivity contribution in [1.29, 1.82) is 0 Å². The fourth-order valence-corrected chi connectivity index (χ4v) is 2.64. The molecular weight excluding hydrogens is 272 g/mol. The molecule has 2 heteroatoms. The van der Waals surface area contributed by atoms with Crippen molar-refractivity contribution >= 4 is 5.97 Å². The van der Waals surface area contributed by atoms with Gasteiger partial charge in [0.25, 0.3) is 0 Å². The second-order valence-electron chi connectivity index (χ2n) is 6.73. The van der Waals surface area contributed by atoms with Gasteiger partial charge in [-0.3, -0.25) is 4.79 Å². The molecule has 2 nitrogen and oxygen atoms in total. The van der Waals surface area contributed by atoms with Crippen LogP contribution in [0.2, 0.25) is 0 Å². The molecule has 1 saturated carbocycles. The highest BCUT2D eigenvalue weighted by Crippen LogP contribution is 2.33. The summed E-state index contributed by atoms with van der Waals surface area (Å²) in [4.78, 5) is 11.6. The number of hydrogen-bond donors (Lipinski definition) is 0. The Hall–Kier alpha value is -0.790. The molecule has 1 aliphatic carbocycles. The minimum atomic E-state index is 0.000630. The molecule has 0 atom stereocenters. The zero-order valence-corrected chi connectivity index (χ0v) is 14.7. The van der Waals surface area contributed by atoms with E-state index in [9.17, 15) is 4.79 Å². The van der Waals surface area contributed by atoms with Crippen molar-refractivity contribution in [1.82, 2.24) is 0 Å². The van der Waals surface area contributed by atoms with Crippen molar-refractivity contribution in [3.8, 4) is 0 Å². The fraction of sp³-hybridized carbons (Fsp3) is 0.850. The predicted molar refractivity (Wildman–Crippen MR) is 93.9 cm³/mol. The fourth-order valence-electron chi connectivity index (χ4n) is 2.64. The van der Waals surface area contributed by atoms with Gasteiger partial charge in [-0.05, 0) is 38.0 Å². The van der Waals surface area contributed by atoms with Crippen LogP contribution in [0.5, 0.6) is 0 Å². The molecule has 0 heterocycles. The van der Waals surface area contributed by atoms with Gasteiger partial charge in [-0.25, -0.2) is 0 Å². The van der Waals surface area contributed by atoms with Gasteiger partial charge < -0.3 is 4.74 Å². The van der Waals surface area contributed by atoms with Gasteiger partial charge in [0, 0.05) is 6.42 Å². The lowest BCUT2D eigenvalue weighted by Gasteiger charge is -2.04. The number of allylic oxidation sites excluding steroid dienone is 2. The third-order valence-electron chi connectivity index (χ3n) is 4.36. The Kier molecular flexibility index (Phi) is 12.1. The minimum absolute atomic E-state index is 0.000630. The van der Waals surface area contributed by atoms with Gasteiger partial charge >= 0.3 is 5.97 Å². The van der Waals surface area contributed by atoms with Gasteiger partial charge in [-0.2, -0.15) is 0 Å². The Balaban J connectivity index is 1.75. The van der Waals surface area contributed by atoms with E-state index in [1.165, 1.54) is 57.8 Å². The Morgan fingerprint density at radius 1 is 0.955 bits per heavy atom. The SMILES string of the molecule is CCCCC=CCCCCCC(=O)OCCCCCC1CC1. The number of carbonyl (C=O) groups excluding carboxylic acids is 1. The van der Waals surface area contributed by atoms with Crippen LogP contribution in [-0.4, -0.2) is 12.6 Å². The van der Waals surface area contributed by atoms with Crippen LogP contribution >= 0.6 is 0 Å². The molecule has 1 aliphatic rings. The van der Waals surface area contributed by atoms with E-state index in [0.29, 0.717) is 13.0 Å². The molecule has 0 radical (unpaired) electrons. The van der Waals surface area contributed by atoms with Gasteiger partial charge in [-0.1, -0.05) is 70.4 Å². The standard InChI is InChI=1S/C20H36O2/c1-2-3-4-5-6-7-8-9-12-15-20(21)22-18-13-10-11-14-19-16-17-19/h5-6,19H,2-4,7-18H2,1H3. The van der Waals surface area contributed by atoms with E-state index in [1.54, 1.807) is 0 Å². The third-order valence-corrected chi connectivity index (χ3v) is 4.36. The maximum absolute atomic E-state index is 11.6. The second kappa shape index (κ2) is 13.8. The van der Waals surface area contributed by atoms with Gasteiger partial charge in [-0.15, -0.1) is 0 Å². The molecule has 1 rings (SSSR count). The zero-order chi connectivity index (χ0) is 15.9. The molecular formula is C20H36O2. The first-order valence-corrected chi connectivity index (χ1v) is 9.63. The summed E-state index contributed by atoms with van der Waals surface area (Å²) in [6.45, 7) is 2.85. The maximum atomic E-state index is 11.6. The van der Waals surface area contributed by atoms with Crippen molar-refractivity contribution in [2.75, 3.05) is 6.61 Å². The van der Waals surface area contributed by atoms with E-state index >= 15 is 0 Å². The lowest BCUT2D eigenvalue weighted by atomic mass is 10.1. The van der Waals surface area contributed by atoms with Gasteiger partial charge in [0.1, 0.15) is 0 Å². The van der Waals surface area contributed by atoms with Crippen LogP contribution in [0.3, 0.4) is 0 Å². The highest BCUT2D eigenvalue weighted by molar-refractivity contribution is 5.69. The molecule has 0 amide bonds. The van der Waals surface area contributed by atoms with Crippen molar-refractivity contribution in [2.45, 2.75) is 96.8 Å². The van der Waals surface area contributed by atoms with Crippen LogP contribution in [0, 0.1) is 5.92 Å². The normalized spacial score (nSPS) is 14.6. The average Bonchev–Trinajstić information content (AvgIpc) is 3.33. The number of hydrogen-bond acceptors (Lipinski definition) is 2. The van der Waals surface area contributed by atoms with E-state index in [2.05, 4.69) is 19.1 Å². The third kappa shape index (κ3) is 12.9. The van der Waals surface area contributed by atoms with E-state index in [4.69, 9.17) is 4.74 Å². The van der Waals surface area contributed by atoms with Gasteiger partial charge in [0.05, 0.1) is 6.61 Å². The lowest BCUT2D eigenvalue weighted by Crippen LogP contribution is -2.05. The summed E-state index contributed by atoms with van der Waals surface area (Å²) in [5.74, 6) is 1.03. The summed E-state index contributed by atoms with van der Waals surface area (Å²) in [6, 6.07) is 0. The summed E-state index contributed by atoms with van der Waals surface area (Å²) in [6.07, 6.45) is 21.3. The molecule has 22 heavy (non-hydrogen) atoms. The van der Waals surface area contributed by atoms with Crippen LogP contribution in [0.25, 0.3) is 0 Å². The zero-order valence-electron chi connectivity index (χ0n) is 14.7. The summed E-state index contributed by atoms with van der Waals surface area (Å²) >= 11 is 0. The molecule has 0 unspecified atom stereocenters. The van der Waals surface area contributed by atoms with Crippen molar-refractivity contribution in [3.05, 3.63) is 12.2 Å². The quantitative estimate of drug-likeness (QED) is 0.205. The maximum Gasteiger partial charge on any atom is 0.305 e. The van der Waals surface area contributed by atoms with E-state index in [-0.39, 0.29) is 5.97 Å². The molecule has 0 spiro atoms.